The molecule has 0 aliphatic carbocycles. The van der Waals surface area contributed by atoms with Gasteiger partial charge in [0, 0.05) is 9.86 Å². The second kappa shape index (κ2) is 3.93. The fourth-order valence-electron chi connectivity index (χ4n) is 1.51. The molecule has 0 aliphatic rings. The van der Waals surface area contributed by atoms with Crippen molar-refractivity contribution in [3.05, 3.63) is 37.9 Å². The third-order valence-corrected chi connectivity index (χ3v) is 3.79. The van der Waals surface area contributed by atoms with E-state index in [0.29, 0.717) is 10.0 Å². The minimum Gasteiger partial charge on any atom is -0.250 e. The van der Waals surface area contributed by atoms with Crippen molar-refractivity contribution in [2.45, 2.75) is 13.8 Å². The molecule has 2 rings (SSSR count). The molecule has 0 unspecified atom stereocenters. The molecule has 0 radical (unpaired) electrons. The zero-order chi connectivity index (χ0) is 11.2. The second-order valence-electron chi connectivity index (χ2n) is 3.47. The van der Waals surface area contributed by atoms with Crippen molar-refractivity contribution in [1.82, 2.24) is 4.98 Å². The first kappa shape index (κ1) is 11.2. The molecule has 0 amide bonds. The molecule has 15 heavy (non-hydrogen) atoms. The molecule has 1 heterocycles. The van der Waals surface area contributed by atoms with Crippen molar-refractivity contribution < 1.29 is 0 Å². The molecule has 2 aromatic rings. The van der Waals surface area contributed by atoms with Gasteiger partial charge >= 0.3 is 0 Å². The van der Waals surface area contributed by atoms with Gasteiger partial charge in [-0.25, -0.2) is 0 Å². The molecule has 1 aromatic heterocycles. The van der Waals surface area contributed by atoms with Gasteiger partial charge in [0.2, 0.25) is 0 Å². The Bertz CT molecular complexity index is 552. The van der Waals surface area contributed by atoms with E-state index in [1.165, 1.54) is 0 Å². The van der Waals surface area contributed by atoms with Crippen LogP contribution in [0.3, 0.4) is 0 Å². The van der Waals surface area contributed by atoms with Crippen LogP contribution in [0.25, 0.3) is 10.9 Å². The van der Waals surface area contributed by atoms with E-state index in [9.17, 15) is 0 Å². The quantitative estimate of drug-likeness (QED) is 0.673. The summed E-state index contributed by atoms with van der Waals surface area (Å²) in [6.45, 7) is 3.86. The minimum absolute atomic E-state index is 0.529. The van der Waals surface area contributed by atoms with Gasteiger partial charge in [0.15, 0.2) is 0 Å². The van der Waals surface area contributed by atoms with Crippen LogP contribution < -0.4 is 0 Å². The normalized spacial score (nSPS) is 11.0. The first-order valence-corrected chi connectivity index (χ1v) is 5.97. The van der Waals surface area contributed by atoms with E-state index in [1.807, 2.05) is 26.0 Å². The van der Waals surface area contributed by atoms with Crippen LogP contribution in [0.5, 0.6) is 0 Å². The second-order valence-corrected chi connectivity index (χ2v) is 5.08. The Labute approximate surface area is 107 Å². The number of hydrogen-bond acceptors (Lipinski definition) is 1. The van der Waals surface area contributed by atoms with Crippen LogP contribution in [0.15, 0.2) is 16.6 Å². The first-order chi connectivity index (χ1) is 7.00. The summed E-state index contributed by atoms with van der Waals surface area (Å²) in [6.07, 6.45) is 0. The molecule has 0 fully saturated rings. The largest absolute Gasteiger partial charge is 0.250 e. The van der Waals surface area contributed by atoms with Crippen LogP contribution in [0.4, 0.5) is 0 Å². The molecule has 0 bridgehead atoms. The molecular weight excluding hydrogens is 297 g/mol. The monoisotopic (exact) mass is 303 g/mol. The number of benzene rings is 1. The average Bonchev–Trinajstić information content (AvgIpc) is 2.17. The molecular formula is C11H8BrCl2N. The topological polar surface area (TPSA) is 12.9 Å². The van der Waals surface area contributed by atoms with Crippen molar-refractivity contribution in [2.75, 3.05) is 0 Å². The van der Waals surface area contributed by atoms with Gasteiger partial charge < -0.3 is 0 Å². The lowest BCUT2D eigenvalue weighted by molar-refractivity contribution is 1.25. The van der Waals surface area contributed by atoms with Gasteiger partial charge in [-0.2, -0.15) is 0 Å². The van der Waals surface area contributed by atoms with Crippen molar-refractivity contribution in [3.63, 3.8) is 0 Å². The molecule has 1 aromatic carbocycles. The van der Waals surface area contributed by atoms with Crippen LogP contribution in [-0.4, -0.2) is 4.98 Å². The summed E-state index contributed by atoms with van der Waals surface area (Å²) >= 11 is 15.7. The Hall–Kier alpha value is -0.310. The highest BCUT2D eigenvalue weighted by Crippen LogP contribution is 2.35. The Morgan fingerprint density at radius 2 is 1.80 bits per heavy atom. The summed E-state index contributed by atoms with van der Waals surface area (Å²) < 4.78 is 0.944. The third kappa shape index (κ3) is 1.86. The number of nitrogens with zero attached hydrogens (tertiary/aromatic N) is 1. The van der Waals surface area contributed by atoms with E-state index in [1.54, 1.807) is 0 Å². The van der Waals surface area contributed by atoms with Crippen molar-refractivity contribution >= 4 is 50.0 Å². The molecule has 0 saturated heterocycles. The number of rotatable bonds is 0. The van der Waals surface area contributed by atoms with Crippen LogP contribution in [0.1, 0.15) is 11.3 Å². The summed E-state index contributed by atoms with van der Waals surface area (Å²) in [4.78, 5) is 4.41. The highest BCUT2D eigenvalue weighted by atomic mass is 79.9. The SMILES string of the molecule is Cc1cc(Br)c2nc(C)c(Cl)c(Cl)c2c1. The number of aromatic nitrogens is 1. The van der Waals surface area contributed by atoms with Gasteiger partial charge in [0.1, 0.15) is 0 Å². The van der Waals surface area contributed by atoms with Crippen LogP contribution in [-0.2, 0) is 0 Å². The zero-order valence-electron chi connectivity index (χ0n) is 8.24. The third-order valence-electron chi connectivity index (χ3n) is 2.23. The fourth-order valence-corrected chi connectivity index (χ4v) is 2.60. The minimum atomic E-state index is 0.529. The highest BCUT2D eigenvalue weighted by molar-refractivity contribution is 9.10. The molecule has 0 N–H and O–H groups in total. The van der Waals surface area contributed by atoms with Gasteiger partial charge in [-0.05, 0) is 47.5 Å². The molecule has 0 aliphatic heterocycles. The smallest absolute Gasteiger partial charge is 0.0863 e. The van der Waals surface area contributed by atoms with Crippen molar-refractivity contribution in [1.29, 1.82) is 0 Å². The van der Waals surface area contributed by atoms with Gasteiger partial charge in [-0.1, -0.05) is 23.2 Å². The Morgan fingerprint density at radius 3 is 2.47 bits per heavy atom. The van der Waals surface area contributed by atoms with E-state index < -0.39 is 0 Å². The Kier molecular flexibility index (Phi) is 2.93. The van der Waals surface area contributed by atoms with Gasteiger partial charge in [0.25, 0.3) is 0 Å². The van der Waals surface area contributed by atoms with E-state index in [2.05, 4.69) is 20.9 Å². The standard InChI is InChI=1S/C11H8BrCl2N/c1-5-3-7-10(14)9(13)6(2)15-11(7)8(12)4-5/h3-4H,1-2H3. The van der Waals surface area contributed by atoms with Crippen molar-refractivity contribution in [2.24, 2.45) is 0 Å². The van der Waals surface area contributed by atoms with Gasteiger partial charge in [0.05, 0.1) is 21.3 Å². The Morgan fingerprint density at radius 1 is 1.13 bits per heavy atom. The summed E-state index contributed by atoms with van der Waals surface area (Å²) in [5.74, 6) is 0. The first-order valence-electron chi connectivity index (χ1n) is 4.42. The number of halogens is 3. The lowest BCUT2D eigenvalue weighted by Crippen LogP contribution is -1.89. The molecule has 1 nitrogen and oxygen atoms in total. The maximum Gasteiger partial charge on any atom is 0.0863 e. The van der Waals surface area contributed by atoms with Crippen LogP contribution >= 0.6 is 39.1 Å². The maximum atomic E-state index is 6.18. The van der Waals surface area contributed by atoms with E-state index in [0.717, 1.165) is 26.6 Å². The van der Waals surface area contributed by atoms with Gasteiger partial charge in [-0.3, -0.25) is 4.98 Å². The summed E-state index contributed by atoms with van der Waals surface area (Å²) in [6, 6.07) is 4.00. The predicted molar refractivity (Wildman–Crippen MR) is 68.9 cm³/mol. The fraction of sp³-hybridized carbons (Fsp3) is 0.182. The molecule has 4 heteroatoms. The summed E-state index contributed by atoms with van der Waals surface area (Å²) in [5, 5.41) is 1.99. The van der Waals surface area contributed by atoms with E-state index in [-0.39, 0.29) is 0 Å². The summed E-state index contributed by atoms with van der Waals surface area (Å²) in [7, 11) is 0. The highest BCUT2D eigenvalue weighted by Gasteiger charge is 2.11. The number of pyridine rings is 1. The molecule has 0 atom stereocenters. The van der Waals surface area contributed by atoms with Crippen LogP contribution in [0, 0.1) is 13.8 Å². The van der Waals surface area contributed by atoms with E-state index in [4.69, 9.17) is 23.2 Å². The molecule has 0 spiro atoms. The van der Waals surface area contributed by atoms with Crippen LogP contribution in [0.2, 0.25) is 10.0 Å². The predicted octanol–water partition coefficient (Wildman–Crippen LogP) is 4.92. The maximum absolute atomic E-state index is 6.18. The lowest BCUT2D eigenvalue weighted by atomic mass is 10.1. The zero-order valence-corrected chi connectivity index (χ0v) is 11.3. The number of hydrogen-bond donors (Lipinski definition) is 0. The van der Waals surface area contributed by atoms with Crippen molar-refractivity contribution in [3.8, 4) is 0 Å². The lowest BCUT2D eigenvalue weighted by Gasteiger charge is -2.08. The van der Waals surface area contributed by atoms with Gasteiger partial charge in [-0.15, -0.1) is 0 Å². The number of aryl methyl sites for hydroxylation is 2. The molecule has 0 saturated carbocycles. The molecule has 78 valence electrons. The average molecular weight is 305 g/mol. The Balaban J connectivity index is 2.98. The van der Waals surface area contributed by atoms with E-state index >= 15 is 0 Å². The summed E-state index contributed by atoms with van der Waals surface area (Å²) in [5.41, 5.74) is 2.73. The number of fused-ring (bicyclic) bond motifs is 1.